The van der Waals surface area contributed by atoms with Gasteiger partial charge in [0.1, 0.15) is 11.2 Å². The average Bonchev–Trinajstić information content (AvgIpc) is 1.39. The topological polar surface area (TPSA) is 31.7 Å². The first-order chi connectivity index (χ1) is 41.5. The predicted octanol–water partition coefficient (Wildman–Crippen LogP) is 22.1. The van der Waals surface area contributed by atoms with E-state index in [4.69, 9.17) is 4.42 Å². The summed E-state index contributed by atoms with van der Waals surface area (Å²) in [6, 6.07) is 76.3. The van der Waals surface area contributed by atoms with Crippen molar-refractivity contribution in [1.29, 1.82) is 0 Å². The van der Waals surface area contributed by atoms with Crippen molar-refractivity contribution in [2.45, 2.75) is 150 Å². The highest BCUT2D eigenvalue weighted by Gasteiger charge is 2.40. The molecule has 10 aromatic carbocycles. The third-order valence-electron chi connectivity index (χ3n) is 19.1. The molecule has 1 N–H and O–H groups in total. The third kappa shape index (κ3) is 10.3. The van der Waals surface area contributed by atoms with E-state index in [0.29, 0.717) is 7.28 Å². The standard InChI is InChI=1S/C83H86BN3O/c1-78(2,3)52-27-35-57(36-28-52)85-70-50-68-64(63-47-60(41-42-67(63)83(68,16)17)86(58-37-29-53(30-38-58)79(4,5)6)59-39-31-54(32-40-59)80(7,8)9)48-66(70)75-76-73(49-65-61-25-21-22-26-74(61)88-77(65)75)87(72-44-34-56(82(13,14)15)46-69(72)84-76)71-43-33-55(81(10,11)12)45-62(71)51-23-19-18-20-24-51/h18-50,84-85H,1-17H3. The lowest BCUT2D eigenvalue weighted by Gasteiger charge is -2.37. The highest BCUT2D eigenvalue weighted by atomic mass is 16.3. The minimum Gasteiger partial charge on any atom is -0.455 e. The number of furan rings is 1. The third-order valence-corrected chi connectivity index (χ3v) is 19.1. The monoisotopic (exact) mass is 1150 g/mol. The van der Waals surface area contributed by atoms with Gasteiger partial charge in [-0.2, -0.15) is 0 Å². The summed E-state index contributed by atoms with van der Waals surface area (Å²) in [4.78, 5) is 5.04. The number of hydrogen-bond acceptors (Lipinski definition) is 4. The number of nitrogens with one attached hydrogen (secondary N) is 1. The Morgan fingerprint density at radius 3 is 1.51 bits per heavy atom. The fraction of sp³-hybridized carbons (Fsp3) is 0.277. The summed E-state index contributed by atoms with van der Waals surface area (Å²) in [5, 5.41) is 6.31. The van der Waals surface area contributed by atoms with Crippen molar-refractivity contribution in [2.75, 3.05) is 15.1 Å². The van der Waals surface area contributed by atoms with Crippen LogP contribution < -0.4 is 26.0 Å². The summed E-state index contributed by atoms with van der Waals surface area (Å²) in [6.45, 7) is 39.4. The molecule has 1 aliphatic carbocycles. The molecule has 0 saturated carbocycles. The molecular weight excluding hydrogens is 1070 g/mol. The second kappa shape index (κ2) is 20.8. The van der Waals surface area contributed by atoms with Gasteiger partial charge in [0, 0.05) is 72.7 Å². The van der Waals surface area contributed by atoms with E-state index < -0.39 is 0 Å². The largest absolute Gasteiger partial charge is 0.455 e. The van der Waals surface area contributed by atoms with Crippen molar-refractivity contribution in [1.82, 2.24) is 0 Å². The van der Waals surface area contributed by atoms with Crippen LogP contribution in [0.3, 0.4) is 0 Å². The lowest BCUT2D eigenvalue weighted by Crippen LogP contribution is -2.41. The Morgan fingerprint density at radius 1 is 0.409 bits per heavy atom. The molecule has 0 bridgehead atoms. The van der Waals surface area contributed by atoms with Crippen LogP contribution >= 0.6 is 0 Å². The van der Waals surface area contributed by atoms with Crippen molar-refractivity contribution in [3.05, 3.63) is 239 Å². The first-order valence-electron chi connectivity index (χ1n) is 31.9. The summed E-state index contributed by atoms with van der Waals surface area (Å²) in [7, 11) is 0.703. The lowest BCUT2D eigenvalue weighted by molar-refractivity contribution is 0.590. The van der Waals surface area contributed by atoms with Crippen LogP contribution in [0.15, 0.2) is 205 Å². The van der Waals surface area contributed by atoms with E-state index in [1.807, 2.05) is 0 Å². The maximum atomic E-state index is 7.40. The number of anilines is 8. The summed E-state index contributed by atoms with van der Waals surface area (Å²) in [5.41, 5.74) is 28.9. The van der Waals surface area contributed by atoms with Gasteiger partial charge < -0.3 is 19.5 Å². The molecule has 13 rings (SSSR count). The summed E-state index contributed by atoms with van der Waals surface area (Å²) < 4.78 is 7.40. The van der Waals surface area contributed by atoms with E-state index in [0.717, 1.165) is 72.9 Å². The quantitative estimate of drug-likeness (QED) is 0.154. The molecule has 442 valence electrons. The molecule has 0 saturated heterocycles. The molecule has 11 aromatic rings. The number of para-hydroxylation sites is 1. The van der Waals surface area contributed by atoms with Gasteiger partial charge in [-0.15, -0.1) is 0 Å². The molecule has 2 aliphatic rings. The number of hydrogen-bond donors (Lipinski definition) is 1. The van der Waals surface area contributed by atoms with Crippen LogP contribution in [0.4, 0.5) is 45.5 Å². The van der Waals surface area contributed by atoms with Crippen LogP contribution in [0.25, 0.3) is 55.3 Å². The number of fused-ring (bicyclic) bond motifs is 8. The van der Waals surface area contributed by atoms with Crippen molar-refractivity contribution in [2.24, 2.45) is 0 Å². The Kier molecular flexibility index (Phi) is 13.8. The smallest absolute Gasteiger partial charge is 0.198 e. The summed E-state index contributed by atoms with van der Waals surface area (Å²) in [6.07, 6.45) is 0. The molecule has 1 aromatic heterocycles. The van der Waals surface area contributed by atoms with Crippen LogP contribution in [0.2, 0.25) is 0 Å². The molecule has 0 spiro atoms. The van der Waals surface area contributed by atoms with E-state index in [1.165, 1.54) is 77.8 Å². The Morgan fingerprint density at radius 2 is 0.920 bits per heavy atom. The second-order valence-corrected chi connectivity index (χ2v) is 30.9. The predicted molar refractivity (Wildman–Crippen MR) is 381 cm³/mol. The molecule has 0 fully saturated rings. The van der Waals surface area contributed by atoms with Crippen LogP contribution in [-0.2, 0) is 32.5 Å². The second-order valence-electron chi connectivity index (χ2n) is 30.9. The molecular formula is C83H86BN3O. The molecule has 0 unspecified atom stereocenters. The van der Waals surface area contributed by atoms with Crippen LogP contribution in [0.1, 0.15) is 157 Å². The average molecular weight is 1150 g/mol. The Labute approximate surface area is 524 Å². The minimum absolute atomic E-state index is 0.00567. The number of nitrogens with zero attached hydrogens (tertiary/aromatic N) is 2. The van der Waals surface area contributed by atoms with Gasteiger partial charge in [-0.3, -0.25) is 0 Å². The van der Waals surface area contributed by atoms with Crippen molar-refractivity contribution in [3.8, 4) is 33.4 Å². The van der Waals surface area contributed by atoms with Crippen LogP contribution in [0.5, 0.6) is 0 Å². The molecule has 0 radical (unpaired) electrons. The van der Waals surface area contributed by atoms with Crippen molar-refractivity contribution >= 4 is 85.6 Å². The first kappa shape index (κ1) is 58.5. The fourth-order valence-corrected chi connectivity index (χ4v) is 13.7. The van der Waals surface area contributed by atoms with Gasteiger partial charge in [0.25, 0.3) is 0 Å². The molecule has 2 heterocycles. The van der Waals surface area contributed by atoms with Gasteiger partial charge in [0.05, 0.1) is 5.69 Å². The zero-order valence-electron chi connectivity index (χ0n) is 55.1. The number of benzene rings is 10. The zero-order valence-corrected chi connectivity index (χ0v) is 55.1. The van der Waals surface area contributed by atoms with Crippen molar-refractivity contribution < 1.29 is 4.42 Å². The fourth-order valence-electron chi connectivity index (χ4n) is 13.7. The van der Waals surface area contributed by atoms with Crippen LogP contribution in [0, 0.1) is 0 Å². The Balaban J connectivity index is 1.11. The first-order valence-corrected chi connectivity index (χ1v) is 31.9. The van der Waals surface area contributed by atoms with Gasteiger partial charge in [0.2, 0.25) is 0 Å². The molecule has 0 atom stereocenters. The molecule has 5 heteroatoms. The van der Waals surface area contributed by atoms with Gasteiger partial charge in [-0.25, -0.2) is 0 Å². The van der Waals surface area contributed by atoms with E-state index in [9.17, 15) is 0 Å². The Hall–Kier alpha value is -8.54. The SMILES string of the molecule is CC(C)(C)c1ccc(Nc2cc3c(cc2-c2c4c(cc5c2oc2ccccc25)N(c2ccc(C(C)(C)C)cc2-c2ccccc2)c2ccc(C(C)(C)C)cc2B4)-c2cc(N(c4ccc(C(C)(C)C)cc4)c4ccc(C(C)(C)C)cc4)ccc2C3(C)C)cc1. The van der Waals surface area contributed by atoms with Gasteiger partial charge in [0.15, 0.2) is 7.28 Å². The minimum atomic E-state index is -0.335. The maximum Gasteiger partial charge on any atom is 0.198 e. The molecule has 4 nitrogen and oxygen atoms in total. The normalized spacial score (nSPS) is 13.9. The van der Waals surface area contributed by atoms with Gasteiger partial charge in [-0.1, -0.05) is 232 Å². The zero-order chi connectivity index (χ0) is 62.2. The highest BCUT2D eigenvalue weighted by Crippen LogP contribution is 2.55. The lowest BCUT2D eigenvalue weighted by atomic mass is 9.57. The van der Waals surface area contributed by atoms with Gasteiger partial charge in [-0.05, 0) is 179 Å². The molecule has 1 aliphatic heterocycles. The van der Waals surface area contributed by atoms with Crippen molar-refractivity contribution in [3.63, 3.8) is 0 Å². The number of rotatable bonds is 8. The van der Waals surface area contributed by atoms with E-state index >= 15 is 0 Å². The highest BCUT2D eigenvalue weighted by molar-refractivity contribution is 6.74. The van der Waals surface area contributed by atoms with Gasteiger partial charge >= 0.3 is 0 Å². The Bertz CT molecular complexity index is 4450. The van der Waals surface area contributed by atoms with E-state index in [2.05, 4.69) is 333 Å². The molecule has 88 heavy (non-hydrogen) atoms. The summed E-state index contributed by atoms with van der Waals surface area (Å²) >= 11 is 0. The van der Waals surface area contributed by atoms with E-state index in [1.54, 1.807) is 0 Å². The van der Waals surface area contributed by atoms with Crippen LogP contribution in [-0.4, -0.2) is 7.28 Å². The summed E-state index contributed by atoms with van der Waals surface area (Å²) in [5.74, 6) is 0. The maximum absolute atomic E-state index is 7.40. The van der Waals surface area contributed by atoms with E-state index in [-0.39, 0.29) is 32.5 Å². The molecule has 0 amide bonds.